The van der Waals surface area contributed by atoms with Crippen molar-refractivity contribution >= 4 is 56.4 Å². The van der Waals surface area contributed by atoms with Crippen molar-refractivity contribution < 1.29 is 0 Å². The van der Waals surface area contributed by atoms with E-state index in [0.29, 0.717) is 22.5 Å². The summed E-state index contributed by atoms with van der Waals surface area (Å²) >= 11 is 15.1. The van der Waals surface area contributed by atoms with Crippen LogP contribution in [0.15, 0.2) is 34.9 Å². The fourth-order valence-electron chi connectivity index (χ4n) is 2.57. The second-order valence-electron chi connectivity index (χ2n) is 5.86. The Morgan fingerprint density at radius 2 is 1.96 bits per heavy atom. The molecular formula is C17H18BrClN6S. The molecule has 6 nitrogen and oxygen atoms in total. The van der Waals surface area contributed by atoms with E-state index in [4.69, 9.17) is 23.8 Å². The van der Waals surface area contributed by atoms with Gasteiger partial charge in [0.15, 0.2) is 10.9 Å². The molecule has 2 heterocycles. The van der Waals surface area contributed by atoms with Gasteiger partial charge in [0.25, 0.3) is 0 Å². The summed E-state index contributed by atoms with van der Waals surface area (Å²) in [5.41, 5.74) is 3.79. The van der Waals surface area contributed by atoms with Gasteiger partial charge < -0.3 is 10.6 Å². The molecule has 0 aliphatic carbocycles. The van der Waals surface area contributed by atoms with Crippen molar-refractivity contribution in [2.75, 3.05) is 10.6 Å². The first-order chi connectivity index (χ1) is 12.3. The molecule has 136 valence electrons. The minimum Gasteiger partial charge on any atom is -0.329 e. The van der Waals surface area contributed by atoms with Crippen molar-refractivity contribution in [2.24, 2.45) is 7.05 Å². The van der Waals surface area contributed by atoms with E-state index in [1.165, 1.54) is 0 Å². The molecule has 0 spiro atoms. The lowest BCUT2D eigenvalue weighted by Gasteiger charge is -2.09. The van der Waals surface area contributed by atoms with E-state index in [1.807, 2.05) is 56.0 Å². The Kier molecular flexibility index (Phi) is 5.64. The fourth-order valence-corrected chi connectivity index (χ4v) is 3.38. The smallest absolute Gasteiger partial charge is 0.176 e. The van der Waals surface area contributed by atoms with Crippen LogP contribution in [0.5, 0.6) is 0 Å². The molecule has 3 rings (SSSR count). The third-order valence-electron chi connectivity index (χ3n) is 3.99. The highest BCUT2D eigenvalue weighted by atomic mass is 79.9. The molecule has 0 amide bonds. The van der Waals surface area contributed by atoms with E-state index in [0.717, 1.165) is 27.1 Å². The molecule has 0 aliphatic rings. The molecule has 3 aromatic rings. The predicted octanol–water partition coefficient (Wildman–Crippen LogP) is 4.51. The minimum absolute atomic E-state index is 0.452. The number of halogens is 2. The SMILES string of the molecule is Cc1nn(C)c(C)c1NC(=S)Nc1nn(Cc2ccccc2Cl)cc1Br. The Morgan fingerprint density at radius 1 is 1.23 bits per heavy atom. The van der Waals surface area contributed by atoms with Crippen molar-refractivity contribution in [3.05, 3.63) is 56.9 Å². The number of nitrogens with zero attached hydrogens (tertiary/aromatic N) is 4. The standard InChI is InChI=1S/C17H18BrClN6S/c1-10-15(11(2)24(3)22-10)20-17(26)21-16-13(18)9-25(23-16)8-12-6-4-5-7-14(12)19/h4-7,9H,8H2,1-3H3,(H2,20,21,23,26). The minimum atomic E-state index is 0.452. The van der Waals surface area contributed by atoms with Crippen molar-refractivity contribution in [1.82, 2.24) is 19.6 Å². The first-order valence-corrected chi connectivity index (χ1v) is 9.47. The van der Waals surface area contributed by atoms with Crippen LogP contribution in [-0.2, 0) is 13.6 Å². The lowest BCUT2D eigenvalue weighted by molar-refractivity contribution is 0.690. The monoisotopic (exact) mass is 452 g/mol. The number of anilines is 2. The Balaban J connectivity index is 1.71. The van der Waals surface area contributed by atoms with E-state index < -0.39 is 0 Å². The van der Waals surface area contributed by atoms with Gasteiger partial charge in [-0.05, 0) is 53.6 Å². The normalized spacial score (nSPS) is 10.8. The Bertz CT molecular complexity index is 964. The van der Waals surface area contributed by atoms with Crippen LogP contribution >= 0.6 is 39.7 Å². The van der Waals surface area contributed by atoms with Crippen LogP contribution in [0.3, 0.4) is 0 Å². The summed E-state index contributed by atoms with van der Waals surface area (Å²) < 4.78 is 4.43. The fraction of sp³-hybridized carbons (Fsp3) is 0.235. The Hall–Kier alpha value is -1.90. The van der Waals surface area contributed by atoms with Crippen LogP contribution in [0.25, 0.3) is 0 Å². The highest BCUT2D eigenvalue weighted by Crippen LogP contribution is 2.24. The average molecular weight is 454 g/mol. The van der Waals surface area contributed by atoms with Gasteiger partial charge in [0.05, 0.1) is 28.1 Å². The zero-order valence-corrected chi connectivity index (χ0v) is 17.7. The number of aromatic nitrogens is 4. The Labute approximate surface area is 170 Å². The molecular weight excluding hydrogens is 436 g/mol. The molecule has 0 radical (unpaired) electrons. The van der Waals surface area contributed by atoms with Gasteiger partial charge in [-0.2, -0.15) is 10.2 Å². The van der Waals surface area contributed by atoms with Gasteiger partial charge in [0.1, 0.15) is 0 Å². The largest absolute Gasteiger partial charge is 0.329 e. The van der Waals surface area contributed by atoms with E-state index in [1.54, 1.807) is 4.68 Å². The number of hydrogen-bond donors (Lipinski definition) is 2. The van der Waals surface area contributed by atoms with Gasteiger partial charge in [-0.3, -0.25) is 9.36 Å². The molecule has 0 unspecified atom stereocenters. The van der Waals surface area contributed by atoms with Gasteiger partial charge in [-0.25, -0.2) is 0 Å². The summed E-state index contributed by atoms with van der Waals surface area (Å²) in [5, 5.41) is 16.4. The van der Waals surface area contributed by atoms with Crippen molar-refractivity contribution in [2.45, 2.75) is 20.4 Å². The van der Waals surface area contributed by atoms with Crippen LogP contribution in [-0.4, -0.2) is 24.7 Å². The Morgan fingerprint density at radius 3 is 2.62 bits per heavy atom. The maximum Gasteiger partial charge on any atom is 0.176 e. The van der Waals surface area contributed by atoms with Gasteiger partial charge in [-0.15, -0.1) is 0 Å². The first-order valence-electron chi connectivity index (χ1n) is 7.89. The summed E-state index contributed by atoms with van der Waals surface area (Å²) in [6, 6.07) is 7.71. The number of aryl methyl sites for hydroxylation is 2. The maximum absolute atomic E-state index is 6.22. The quantitative estimate of drug-likeness (QED) is 0.569. The van der Waals surface area contributed by atoms with Gasteiger partial charge in [-0.1, -0.05) is 29.8 Å². The predicted molar refractivity (Wildman–Crippen MR) is 113 cm³/mol. The molecule has 26 heavy (non-hydrogen) atoms. The molecule has 1 aromatic carbocycles. The van der Waals surface area contributed by atoms with Crippen LogP contribution in [0.2, 0.25) is 5.02 Å². The molecule has 0 saturated heterocycles. The molecule has 0 atom stereocenters. The zero-order valence-electron chi connectivity index (χ0n) is 14.5. The van der Waals surface area contributed by atoms with Crippen molar-refractivity contribution in [3.63, 3.8) is 0 Å². The topological polar surface area (TPSA) is 59.7 Å². The highest BCUT2D eigenvalue weighted by Gasteiger charge is 2.13. The number of benzene rings is 1. The van der Waals surface area contributed by atoms with Crippen LogP contribution in [0.4, 0.5) is 11.5 Å². The molecule has 9 heteroatoms. The number of nitrogens with one attached hydrogen (secondary N) is 2. The summed E-state index contributed by atoms with van der Waals surface area (Å²) in [6.45, 7) is 4.49. The van der Waals surface area contributed by atoms with Crippen molar-refractivity contribution in [1.29, 1.82) is 0 Å². The second-order valence-corrected chi connectivity index (χ2v) is 7.53. The van der Waals surface area contributed by atoms with Crippen molar-refractivity contribution in [3.8, 4) is 0 Å². The van der Waals surface area contributed by atoms with Crippen LogP contribution in [0.1, 0.15) is 17.0 Å². The first kappa shape index (κ1) is 18.9. The maximum atomic E-state index is 6.22. The lowest BCUT2D eigenvalue weighted by atomic mass is 10.2. The van der Waals surface area contributed by atoms with Gasteiger partial charge in [0, 0.05) is 18.3 Å². The van der Waals surface area contributed by atoms with Crippen LogP contribution in [0, 0.1) is 13.8 Å². The average Bonchev–Trinajstić information content (AvgIpc) is 3.03. The molecule has 0 bridgehead atoms. The molecule has 2 N–H and O–H groups in total. The van der Waals surface area contributed by atoms with Gasteiger partial charge in [0.2, 0.25) is 0 Å². The summed E-state index contributed by atoms with van der Waals surface area (Å²) in [5.74, 6) is 0.633. The zero-order chi connectivity index (χ0) is 18.8. The number of rotatable bonds is 4. The van der Waals surface area contributed by atoms with E-state index in [2.05, 4.69) is 36.8 Å². The second kappa shape index (κ2) is 7.77. The molecule has 2 aromatic heterocycles. The lowest BCUT2D eigenvalue weighted by Crippen LogP contribution is -2.20. The number of hydrogen-bond acceptors (Lipinski definition) is 3. The van der Waals surface area contributed by atoms with E-state index in [-0.39, 0.29) is 0 Å². The van der Waals surface area contributed by atoms with Crippen LogP contribution < -0.4 is 10.6 Å². The molecule has 0 fully saturated rings. The summed E-state index contributed by atoms with van der Waals surface area (Å²) in [4.78, 5) is 0. The summed E-state index contributed by atoms with van der Waals surface area (Å²) in [6.07, 6.45) is 1.88. The molecule has 0 aliphatic heterocycles. The molecule has 0 saturated carbocycles. The third kappa shape index (κ3) is 4.08. The third-order valence-corrected chi connectivity index (χ3v) is 5.14. The summed E-state index contributed by atoms with van der Waals surface area (Å²) in [7, 11) is 1.90. The highest BCUT2D eigenvalue weighted by molar-refractivity contribution is 9.10. The van der Waals surface area contributed by atoms with E-state index >= 15 is 0 Å². The number of thiocarbonyl (C=S) groups is 1. The van der Waals surface area contributed by atoms with Gasteiger partial charge >= 0.3 is 0 Å². The van der Waals surface area contributed by atoms with E-state index in [9.17, 15) is 0 Å².